The smallest absolute Gasteiger partial charge is 0.305 e. The molecule has 1 saturated heterocycles. The summed E-state index contributed by atoms with van der Waals surface area (Å²) in [5.74, 6) is 0.295. The van der Waals surface area contributed by atoms with Crippen LogP contribution < -0.4 is 0 Å². The number of carbonyl (C=O) groups is 2. The lowest BCUT2D eigenvalue weighted by Crippen LogP contribution is -2.37. The SMILES string of the molecule is O=C(O)CC1CCCN1C(=O)CSCc1cccc(Cl)c1. The molecule has 0 aromatic heterocycles. The predicted octanol–water partition coefficient (Wildman–Crippen LogP) is 3.04. The van der Waals surface area contributed by atoms with E-state index in [1.807, 2.05) is 24.3 Å². The highest BCUT2D eigenvalue weighted by molar-refractivity contribution is 7.99. The Kier molecular flexibility index (Phi) is 5.94. The second-order valence-electron chi connectivity index (χ2n) is 5.10. The fourth-order valence-corrected chi connectivity index (χ4v) is 3.61. The van der Waals surface area contributed by atoms with Gasteiger partial charge in [0.25, 0.3) is 0 Å². The molecular formula is C15H18ClNO3S. The molecule has 1 amide bonds. The van der Waals surface area contributed by atoms with Gasteiger partial charge >= 0.3 is 5.97 Å². The van der Waals surface area contributed by atoms with Crippen molar-refractivity contribution in [2.45, 2.75) is 31.1 Å². The Morgan fingerprint density at radius 2 is 2.24 bits per heavy atom. The zero-order chi connectivity index (χ0) is 15.2. The van der Waals surface area contributed by atoms with Crippen molar-refractivity contribution in [1.82, 2.24) is 4.90 Å². The molecule has 1 unspecified atom stereocenters. The Bertz CT molecular complexity index is 523. The van der Waals surface area contributed by atoms with Gasteiger partial charge in [0, 0.05) is 23.4 Å². The second-order valence-corrected chi connectivity index (χ2v) is 6.53. The van der Waals surface area contributed by atoms with E-state index in [2.05, 4.69) is 0 Å². The van der Waals surface area contributed by atoms with Crippen LogP contribution in [-0.2, 0) is 15.3 Å². The van der Waals surface area contributed by atoms with Gasteiger partial charge in [-0.05, 0) is 30.5 Å². The first-order valence-electron chi connectivity index (χ1n) is 6.89. The van der Waals surface area contributed by atoms with Gasteiger partial charge < -0.3 is 10.0 Å². The van der Waals surface area contributed by atoms with Crippen molar-refractivity contribution >= 4 is 35.2 Å². The van der Waals surface area contributed by atoms with Crippen molar-refractivity contribution in [2.24, 2.45) is 0 Å². The van der Waals surface area contributed by atoms with E-state index >= 15 is 0 Å². The summed E-state index contributed by atoms with van der Waals surface area (Å²) in [6.45, 7) is 0.675. The topological polar surface area (TPSA) is 57.6 Å². The maximum Gasteiger partial charge on any atom is 0.305 e. The van der Waals surface area contributed by atoms with Crippen LogP contribution in [0.2, 0.25) is 5.02 Å². The minimum atomic E-state index is -0.841. The fraction of sp³-hybridized carbons (Fsp3) is 0.467. The molecule has 0 spiro atoms. The average Bonchev–Trinajstić information content (AvgIpc) is 2.86. The molecule has 4 nitrogen and oxygen atoms in total. The van der Waals surface area contributed by atoms with Crippen LogP contribution in [0.5, 0.6) is 0 Å². The molecule has 2 rings (SSSR count). The number of nitrogens with zero attached hydrogens (tertiary/aromatic N) is 1. The number of rotatable bonds is 6. The molecule has 114 valence electrons. The Hall–Kier alpha value is -1.20. The number of carbonyl (C=O) groups excluding carboxylic acids is 1. The summed E-state index contributed by atoms with van der Waals surface area (Å²) in [6, 6.07) is 7.45. The van der Waals surface area contributed by atoms with Gasteiger partial charge in [0.1, 0.15) is 0 Å². The summed E-state index contributed by atoms with van der Waals surface area (Å²) in [5, 5.41) is 9.56. The Labute approximate surface area is 133 Å². The van der Waals surface area contributed by atoms with E-state index in [0.29, 0.717) is 17.3 Å². The third-order valence-electron chi connectivity index (χ3n) is 3.49. The predicted molar refractivity (Wildman–Crippen MR) is 84.6 cm³/mol. The highest BCUT2D eigenvalue weighted by atomic mass is 35.5. The molecule has 0 aliphatic carbocycles. The third-order valence-corrected chi connectivity index (χ3v) is 4.71. The molecule has 0 radical (unpaired) electrons. The number of halogens is 1. The van der Waals surface area contributed by atoms with Gasteiger partial charge in [-0.2, -0.15) is 0 Å². The first-order valence-corrected chi connectivity index (χ1v) is 8.43. The van der Waals surface area contributed by atoms with Crippen LogP contribution in [0.3, 0.4) is 0 Å². The number of carboxylic acids is 1. The third kappa shape index (κ3) is 4.93. The van der Waals surface area contributed by atoms with Crippen LogP contribution in [0, 0.1) is 0 Å². The van der Waals surface area contributed by atoms with Crippen molar-refractivity contribution in [3.63, 3.8) is 0 Å². The van der Waals surface area contributed by atoms with Gasteiger partial charge in [0.05, 0.1) is 12.2 Å². The van der Waals surface area contributed by atoms with E-state index < -0.39 is 5.97 Å². The van der Waals surface area contributed by atoms with Crippen LogP contribution in [0.1, 0.15) is 24.8 Å². The van der Waals surface area contributed by atoms with E-state index in [9.17, 15) is 9.59 Å². The highest BCUT2D eigenvalue weighted by Gasteiger charge is 2.29. The number of thioether (sulfide) groups is 1. The molecule has 1 aromatic rings. The highest BCUT2D eigenvalue weighted by Crippen LogP contribution is 2.22. The summed E-state index contributed by atoms with van der Waals surface area (Å²) in [4.78, 5) is 24.7. The second kappa shape index (κ2) is 7.71. The van der Waals surface area contributed by atoms with Crippen LogP contribution in [0.15, 0.2) is 24.3 Å². The van der Waals surface area contributed by atoms with Crippen LogP contribution in [0.25, 0.3) is 0 Å². The lowest BCUT2D eigenvalue weighted by Gasteiger charge is -2.23. The number of aliphatic carboxylic acids is 1. The van der Waals surface area contributed by atoms with Crippen molar-refractivity contribution in [3.8, 4) is 0 Å². The molecule has 1 aromatic carbocycles. The Morgan fingerprint density at radius 1 is 1.43 bits per heavy atom. The van der Waals surface area contributed by atoms with Crippen molar-refractivity contribution in [3.05, 3.63) is 34.9 Å². The fourth-order valence-electron chi connectivity index (χ4n) is 2.54. The van der Waals surface area contributed by atoms with Crippen molar-refractivity contribution in [1.29, 1.82) is 0 Å². The van der Waals surface area contributed by atoms with Gasteiger partial charge in [-0.1, -0.05) is 23.7 Å². The van der Waals surface area contributed by atoms with Crippen molar-refractivity contribution in [2.75, 3.05) is 12.3 Å². The molecule has 1 atom stereocenters. The summed E-state index contributed by atoms with van der Waals surface area (Å²) in [5.41, 5.74) is 1.09. The molecule has 0 bridgehead atoms. The van der Waals surface area contributed by atoms with Crippen molar-refractivity contribution < 1.29 is 14.7 Å². The normalized spacial score (nSPS) is 18.0. The quantitative estimate of drug-likeness (QED) is 0.872. The Balaban J connectivity index is 1.80. The monoisotopic (exact) mass is 327 g/mol. The zero-order valence-corrected chi connectivity index (χ0v) is 13.2. The van der Waals surface area contributed by atoms with Gasteiger partial charge in [0.2, 0.25) is 5.91 Å². The molecule has 1 aliphatic rings. The van der Waals surface area contributed by atoms with Crippen LogP contribution in [0.4, 0.5) is 0 Å². The minimum Gasteiger partial charge on any atom is -0.481 e. The van der Waals surface area contributed by atoms with E-state index in [0.717, 1.165) is 24.2 Å². The Morgan fingerprint density at radius 3 is 2.95 bits per heavy atom. The maximum absolute atomic E-state index is 12.2. The number of carboxylic acid groups (broad SMARTS) is 1. The van der Waals surface area contributed by atoms with Gasteiger partial charge in [-0.3, -0.25) is 9.59 Å². The molecule has 1 heterocycles. The number of amides is 1. The summed E-state index contributed by atoms with van der Waals surface area (Å²) < 4.78 is 0. The first-order chi connectivity index (χ1) is 10.1. The maximum atomic E-state index is 12.2. The van der Waals surface area contributed by atoms with E-state index in [4.69, 9.17) is 16.7 Å². The molecule has 0 saturated carbocycles. The van der Waals surface area contributed by atoms with E-state index in [1.54, 1.807) is 4.90 Å². The first kappa shape index (κ1) is 16.2. The number of benzene rings is 1. The summed E-state index contributed by atoms with van der Waals surface area (Å²) in [7, 11) is 0. The van der Waals surface area contributed by atoms with Gasteiger partial charge in [-0.15, -0.1) is 11.8 Å². The largest absolute Gasteiger partial charge is 0.481 e. The molecule has 6 heteroatoms. The number of likely N-dealkylation sites (tertiary alicyclic amines) is 1. The van der Waals surface area contributed by atoms with E-state index in [-0.39, 0.29) is 18.4 Å². The van der Waals surface area contributed by atoms with Gasteiger partial charge in [-0.25, -0.2) is 0 Å². The molecule has 21 heavy (non-hydrogen) atoms. The molecular weight excluding hydrogens is 310 g/mol. The number of hydrogen-bond donors (Lipinski definition) is 1. The number of hydrogen-bond acceptors (Lipinski definition) is 3. The van der Waals surface area contributed by atoms with Crippen LogP contribution in [-0.4, -0.2) is 40.2 Å². The van der Waals surface area contributed by atoms with Crippen LogP contribution >= 0.6 is 23.4 Å². The molecule has 1 fully saturated rings. The standard InChI is InChI=1S/C15H18ClNO3S/c16-12-4-1-3-11(7-12)9-21-10-14(18)17-6-2-5-13(17)8-15(19)20/h1,3-4,7,13H,2,5-6,8-10H2,(H,19,20). The summed E-state index contributed by atoms with van der Waals surface area (Å²) >= 11 is 7.45. The molecule has 1 aliphatic heterocycles. The van der Waals surface area contributed by atoms with E-state index in [1.165, 1.54) is 11.8 Å². The molecule has 1 N–H and O–H groups in total. The lowest BCUT2D eigenvalue weighted by molar-refractivity contribution is -0.139. The lowest BCUT2D eigenvalue weighted by atomic mass is 10.1. The average molecular weight is 328 g/mol. The zero-order valence-electron chi connectivity index (χ0n) is 11.6. The van der Waals surface area contributed by atoms with Gasteiger partial charge in [0.15, 0.2) is 0 Å². The summed E-state index contributed by atoms with van der Waals surface area (Å²) in [6.07, 6.45) is 1.73. The minimum absolute atomic E-state index is 0.0331.